The summed E-state index contributed by atoms with van der Waals surface area (Å²) in [6, 6.07) is 78.2. The van der Waals surface area contributed by atoms with Crippen molar-refractivity contribution in [2.45, 2.75) is 0 Å². The molecule has 0 aliphatic carbocycles. The molecule has 10 aromatic carbocycles. The maximum atomic E-state index is 11.3. The molecular formula is C64H39N7. The van der Waals surface area contributed by atoms with Crippen LogP contribution >= 0.6 is 0 Å². The highest BCUT2D eigenvalue weighted by molar-refractivity contribution is 6.26. The molecule has 4 aromatic heterocycles. The zero-order valence-corrected chi connectivity index (χ0v) is 38.0. The first-order chi connectivity index (χ1) is 36.0. The summed E-state index contributed by atoms with van der Waals surface area (Å²) in [6.07, 6.45) is 0. The Morgan fingerprint density at radius 3 is 1.56 bits per heavy atom. The van der Waals surface area contributed by atoms with Gasteiger partial charge >= 0.3 is 0 Å². The topological polar surface area (TPSA) is 77.2 Å². The second-order valence-corrected chi connectivity index (χ2v) is 17.7. The van der Waals surface area contributed by atoms with Gasteiger partial charge in [-0.3, -0.25) is 0 Å². The van der Waals surface area contributed by atoms with Gasteiger partial charge in [-0.1, -0.05) is 152 Å². The minimum atomic E-state index is -0.121. The molecule has 4 heterocycles. The van der Waals surface area contributed by atoms with Gasteiger partial charge in [-0.2, -0.15) is 5.26 Å². The van der Waals surface area contributed by atoms with Crippen molar-refractivity contribution in [1.29, 1.82) is 5.26 Å². The van der Waals surface area contributed by atoms with Gasteiger partial charge in [-0.05, 0) is 96.0 Å². The van der Waals surface area contributed by atoms with Gasteiger partial charge in [0, 0.05) is 60.4 Å². The molecule has 0 aliphatic heterocycles. The molecule has 0 bridgehead atoms. The van der Waals surface area contributed by atoms with Crippen molar-refractivity contribution in [2.24, 2.45) is 0 Å². The van der Waals surface area contributed by atoms with E-state index in [9.17, 15) is 8.00 Å². The van der Waals surface area contributed by atoms with Crippen molar-refractivity contribution in [3.8, 4) is 68.4 Å². The van der Waals surface area contributed by atoms with Gasteiger partial charge in [0.1, 0.15) is 6.07 Å². The van der Waals surface area contributed by atoms with Crippen molar-refractivity contribution >= 4 is 65.4 Å². The smallest absolute Gasteiger partial charge is 0.164 e. The van der Waals surface area contributed by atoms with Crippen LogP contribution in [0.5, 0.6) is 0 Å². The second kappa shape index (κ2) is 16.1. The van der Waals surface area contributed by atoms with Crippen LogP contribution in [0.4, 0.5) is 0 Å². The highest BCUT2D eigenvalue weighted by Gasteiger charge is 2.24. The van der Waals surface area contributed by atoms with Crippen LogP contribution in [0.1, 0.15) is 8.30 Å². The largest absolute Gasteiger partial charge is 0.309 e. The normalized spacial score (nSPS) is 12.0. The van der Waals surface area contributed by atoms with E-state index in [-0.39, 0.29) is 29.0 Å². The number of fused-ring (bicyclic) bond motifs is 10. The average molecular weight is 908 g/mol. The lowest BCUT2D eigenvalue weighted by molar-refractivity contribution is 1.07. The van der Waals surface area contributed by atoms with Crippen molar-refractivity contribution in [1.82, 2.24) is 28.7 Å². The maximum Gasteiger partial charge on any atom is 0.164 e. The second-order valence-electron chi connectivity index (χ2n) is 17.7. The van der Waals surface area contributed by atoms with Gasteiger partial charge < -0.3 is 13.7 Å². The molecule has 330 valence electrons. The Labute approximate surface area is 410 Å². The van der Waals surface area contributed by atoms with Gasteiger partial charge in [-0.15, -0.1) is 0 Å². The van der Waals surface area contributed by atoms with Crippen LogP contribution in [0.25, 0.3) is 128 Å². The highest BCUT2D eigenvalue weighted by atomic mass is 15.0. The van der Waals surface area contributed by atoms with Gasteiger partial charge in [0.25, 0.3) is 0 Å². The Morgan fingerprint density at radius 2 is 0.873 bits per heavy atom. The average Bonchev–Trinajstić information content (AvgIpc) is 4.10. The lowest BCUT2D eigenvalue weighted by atomic mass is 9.99. The molecule has 71 heavy (non-hydrogen) atoms. The van der Waals surface area contributed by atoms with E-state index in [4.69, 9.17) is 15.0 Å². The molecule has 14 aromatic rings. The van der Waals surface area contributed by atoms with Crippen molar-refractivity contribution in [3.05, 3.63) is 242 Å². The minimum Gasteiger partial charge on any atom is -0.309 e. The maximum absolute atomic E-state index is 11.3. The summed E-state index contributed by atoms with van der Waals surface area (Å²) in [5.41, 5.74) is 12.1. The number of aromatic nitrogens is 6. The lowest BCUT2D eigenvalue weighted by Crippen LogP contribution is -2.03. The number of benzene rings is 10. The van der Waals surface area contributed by atoms with E-state index < -0.39 is 0 Å². The number of rotatable bonds is 7. The first-order valence-corrected chi connectivity index (χ1v) is 23.6. The Bertz CT molecular complexity index is 4590. The fourth-order valence-electron chi connectivity index (χ4n) is 10.7. The van der Waals surface area contributed by atoms with E-state index in [1.807, 2.05) is 108 Å². The summed E-state index contributed by atoms with van der Waals surface area (Å²) in [7, 11) is 0. The highest BCUT2D eigenvalue weighted by Crippen LogP contribution is 2.43. The third kappa shape index (κ3) is 6.32. The Morgan fingerprint density at radius 1 is 0.366 bits per heavy atom. The number of hydrogen-bond acceptors (Lipinski definition) is 4. The molecule has 0 saturated carbocycles. The van der Waals surface area contributed by atoms with Crippen molar-refractivity contribution < 1.29 is 2.74 Å². The van der Waals surface area contributed by atoms with Crippen LogP contribution in [0.3, 0.4) is 0 Å². The third-order valence-corrected chi connectivity index (χ3v) is 13.8. The van der Waals surface area contributed by atoms with Gasteiger partial charge in [-0.25, -0.2) is 15.0 Å². The summed E-state index contributed by atoms with van der Waals surface area (Å²) < 4.78 is 26.6. The van der Waals surface area contributed by atoms with E-state index in [0.717, 1.165) is 99.0 Å². The number of para-hydroxylation sites is 5. The SMILES string of the molecule is [2H]c1c(-c2nc(-c3ccc4c(c3)c3ccccc3n4-c3ccccc3)nc(-c3ccccc3-c3ccccc3)n2)cc(C#N)c(-n2c3ccccc3c3ccc4c(c5ccccc5n4-c4ccccc4)c32)c1[2H]. The van der Waals surface area contributed by atoms with Crippen LogP contribution < -0.4 is 0 Å². The van der Waals surface area contributed by atoms with Gasteiger partial charge in [0.05, 0.1) is 47.1 Å². The van der Waals surface area contributed by atoms with Crippen LogP contribution in [0, 0.1) is 11.3 Å². The van der Waals surface area contributed by atoms with Crippen LogP contribution in [0.2, 0.25) is 0 Å². The first kappa shape index (κ1) is 38.1. The van der Waals surface area contributed by atoms with E-state index in [1.54, 1.807) is 6.07 Å². The Kier molecular flexibility index (Phi) is 8.65. The fraction of sp³-hybridized carbons (Fsp3) is 0. The molecule has 0 saturated heterocycles. The number of nitrogens with zero attached hydrogens (tertiary/aromatic N) is 7. The van der Waals surface area contributed by atoms with E-state index >= 15 is 0 Å². The zero-order valence-electron chi connectivity index (χ0n) is 40.0. The molecule has 0 spiro atoms. The molecule has 0 aliphatic rings. The lowest BCUT2D eigenvalue weighted by Gasteiger charge is -2.14. The molecule has 0 amide bonds. The quantitative estimate of drug-likeness (QED) is 0.160. The predicted molar refractivity (Wildman–Crippen MR) is 289 cm³/mol. The number of nitriles is 1. The van der Waals surface area contributed by atoms with E-state index in [2.05, 4.69) is 130 Å². The molecule has 0 radical (unpaired) electrons. The number of hydrogen-bond donors (Lipinski definition) is 0. The van der Waals surface area contributed by atoms with E-state index in [1.165, 1.54) is 0 Å². The molecular weight excluding hydrogens is 867 g/mol. The van der Waals surface area contributed by atoms with Crippen molar-refractivity contribution in [3.63, 3.8) is 0 Å². The molecule has 14 rings (SSSR count). The Balaban J connectivity index is 1.02. The molecule has 0 N–H and O–H groups in total. The summed E-state index contributed by atoms with van der Waals surface area (Å²) in [4.78, 5) is 15.6. The van der Waals surface area contributed by atoms with Gasteiger partial charge in [0.15, 0.2) is 17.5 Å². The van der Waals surface area contributed by atoms with Crippen LogP contribution in [0.15, 0.2) is 237 Å². The molecule has 7 heteroatoms. The Hall–Kier alpha value is -9.90. The standard InChI is InChI=1S/C64H39N7/c65-40-44-38-42(32-35-54(44)71-56-30-16-12-25-48(56)50-34-37-59-60(61(50)71)52-28-14-17-31-57(52)70(59)46-22-8-3-9-23-46)62-66-63(68-64(67-62)51-27-11-10-24-47(51)41-18-4-1-5-19-41)43-33-36-58-53(39-43)49-26-13-15-29-55(49)69(58)45-20-6-2-7-21-45/h1-39H/i32D,35D. The van der Waals surface area contributed by atoms with E-state index in [0.29, 0.717) is 17.3 Å². The molecule has 7 nitrogen and oxygen atoms in total. The summed E-state index contributed by atoms with van der Waals surface area (Å²) in [5, 5.41) is 17.4. The third-order valence-electron chi connectivity index (χ3n) is 13.8. The van der Waals surface area contributed by atoms with Crippen LogP contribution in [-0.2, 0) is 0 Å². The summed E-state index contributed by atoms with van der Waals surface area (Å²) in [5.74, 6) is 0.987. The first-order valence-electron chi connectivity index (χ1n) is 24.6. The minimum absolute atomic E-state index is 0.111. The fourth-order valence-corrected chi connectivity index (χ4v) is 10.7. The predicted octanol–water partition coefficient (Wildman–Crippen LogP) is 15.7. The molecule has 0 atom stereocenters. The van der Waals surface area contributed by atoms with Crippen LogP contribution in [-0.4, -0.2) is 28.7 Å². The summed E-state index contributed by atoms with van der Waals surface area (Å²) in [6.45, 7) is 0. The zero-order chi connectivity index (χ0) is 48.7. The van der Waals surface area contributed by atoms with Gasteiger partial charge in [0.2, 0.25) is 0 Å². The molecule has 0 fully saturated rings. The monoisotopic (exact) mass is 907 g/mol. The molecule has 0 unspecified atom stereocenters. The summed E-state index contributed by atoms with van der Waals surface area (Å²) >= 11 is 0. The van der Waals surface area contributed by atoms with Crippen molar-refractivity contribution in [2.75, 3.05) is 0 Å².